The minimum absolute atomic E-state index is 0. The Morgan fingerprint density at radius 1 is 1.37 bits per heavy atom. The van der Waals surface area contributed by atoms with E-state index in [1.807, 2.05) is 0 Å². The van der Waals surface area contributed by atoms with E-state index in [0.717, 1.165) is 6.42 Å². The number of carbonyl (C=O) groups is 1. The minimum atomic E-state index is -0.558. The lowest BCUT2D eigenvalue weighted by Gasteiger charge is -2.41. The SMILES string of the molecule is COCC(N)C(=O)NC1CCCCC1C(C)(C)C.Cl. The molecular formula is C14H29ClN2O2. The van der Waals surface area contributed by atoms with E-state index >= 15 is 0 Å². The van der Waals surface area contributed by atoms with Crippen LogP contribution in [0.4, 0.5) is 0 Å². The van der Waals surface area contributed by atoms with Gasteiger partial charge in [-0.05, 0) is 24.2 Å². The highest BCUT2D eigenvalue weighted by Gasteiger charge is 2.35. The van der Waals surface area contributed by atoms with Gasteiger partial charge in [0.2, 0.25) is 5.91 Å². The molecule has 3 N–H and O–H groups in total. The van der Waals surface area contributed by atoms with Crippen LogP contribution >= 0.6 is 12.4 Å². The molecule has 1 aliphatic carbocycles. The number of carbonyl (C=O) groups excluding carboxylic acids is 1. The molecule has 5 heteroatoms. The molecule has 3 atom stereocenters. The molecular weight excluding hydrogens is 264 g/mol. The van der Waals surface area contributed by atoms with Crippen LogP contribution in [-0.2, 0) is 9.53 Å². The molecule has 1 fully saturated rings. The summed E-state index contributed by atoms with van der Waals surface area (Å²) in [6.07, 6.45) is 4.71. The minimum Gasteiger partial charge on any atom is -0.383 e. The van der Waals surface area contributed by atoms with Crippen LogP contribution in [0.3, 0.4) is 0 Å². The fourth-order valence-corrected chi connectivity index (χ4v) is 2.89. The highest BCUT2D eigenvalue weighted by atomic mass is 35.5. The molecule has 4 nitrogen and oxygen atoms in total. The van der Waals surface area contributed by atoms with Gasteiger partial charge in [-0.2, -0.15) is 0 Å². The molecule has 0 aromatic heterocycles. The summed E-state index contributed by atoms with van der Waals surface area (Å²) in [5, 5.41) is 3.12. The zero-order valence-corrected chi connectivity index (χ0v) is 13.4. The second kappa shape index (κ2) is 8.08. The average molecular weight is 293 g/mol. The molecule has 0 heterocycles. The summed E-state index contributed by atoms with van der Waals surface area (Å²) in [6, 6.07) is -0.299. The maximum Gasteiger partial charge on any atom is 0.239 e. The van der Waals surface area contributed by atoms with Gasteiger partial charge in [-0.3, -0.25) is 4.79 Å². The van der Waals surface area contributed by atoms with E-state index in [2.05, 4.69) is 26.1 Å². The molecule has 0 aliphatic heterocycles. The highest BCUT2D eigenvalue weighted by Crippen LogP contribution is 2.37. The molecule has 1 aliphatic rings. The van der Waals surface area contributed by atoms with Crippen molar-refractivity contribution in [2.75, 3.05) is 13.7 Å². The quantitative estimate of drug-likeness (QED) is 0.834. The monoisotopic (exact) mass is 292 g/mol. The van der Waals surface area contributed by atoms with Crippen LogP contribution < -0.4 is 11.1 Å². The molecule has 1 amide bonds. The summed E-state index contributed by atoms with van der Waals surface area (Å²) in [5.74, 6) is 0.447. The third-order valence-corrected chi connectivity index (χ3v) is 3.89. The molecule has 19 heavy (non-hydrogen) atoms. The average Bonchev–Trinajstić information content (AvgIpc) is 2.28. The van der Waals surface area contributed by atoms with Crippen molar-refractivity contribution >= 4 is 18.3 Å². The van der Waals surface area contributed by atoms with Crippen molar-refractivity contribution in [1.29, 1.82) is 0 Å². The van der Waals surface area contributed by atoms with Gasteiger partial charge in [0.15, 0.2) is 0 Å². The summed E-state index contributed by atoms with van der Waals surface area (Å²) in [4.78, 5) is 12.0. The van der Waals surface area contributed by atoms with Crippen molar-refractivity contribution in [2.45, 2.75) is 58.5 Å². The normalized spacial score (nSPS) is 25.3. The van der Waals surface area contributed by atoms with E-state index in [-0.39, 0.29) is 36.4 Å². The molecule has 0 radical (unpaired) electrons. The summed E-state index contributed by atoms with van der Waals surface area (Å²) in [5.41, 5.74) is 5.99. The zero-order chi connectivity index (χ0) is 13.8. The first kappa shape index (κ1) is 18.7. The maximum absolute atomic E-state index is 12.0. The summed E-state index contributed by atoms with van der Waals surface area (Å²) in [6.45, 7) is 7.02. The molecule has 1 rings (SSSR count). The fourth-order valence-electron chi connectivity index (χ4n) is 2.89. The van der Waals surface area contributed by atoms with E-state index in [1.54, 1.807) is 7.11 Å². The van der Waals surface area contributed by atoms with Gasteiger partial charge >= 0.3 is 0 Å². The number of methoxy groups -OCH3 is 1. The van der Waals surface area contributed by atoms with E-state index in [9.17, 15) is 4.79 Å². The topological polar surface area (TPSA) is 64.3 Å². The van der Waals surface area contributed by atoms with Crippen LogP contribution in [0, 0.1) is 11.3 Å². The standard InChI is InChI=1S/C14H28N2O2.ClH/c1-14(2,3)10-7-5-6-8-12(10)16-13(17)11(15)9-18-4;/h10-12H,5-9,15H2,1-4H3,(H,16,17);1H. The number of nitrogens with one attached hydrogen (secondary N) is 1. The first-order valence-corrected chi connectivity index (χ1v) is 6.91. The Balaban J connectivity index is 0.00000324. The predicted octanol–water partition coefficient (Wildman–Crippen LogP) is 2.10. The van der Waals surface area contributed by atoms with Gasteiger partial charge in [-0.1, -0.05) is 33.6 Å². The van der Waals surface area contributed by atoms with Gasteiger partial charge in [0.25, 0.3) is 0 Å². The molecule has 1 saturated carbocycles. The largest absolute Gasteiger partial charge is 0.383 e. The van der Waals surface area contributed by atoms with Crippen LogP contribution in [0.2, 0.25) is 0 Å². The van der Waals surface area contributed by atoms with Gasteiger partial charge in [0.05, 0.1) is 6.61 Å². The number of rotatable bonds is 4. The number of hydrogen-bond acceptors (Lipinski definition) is 3. The van der Waals surface area contributed by atoms with Gasteiger partial charge in [0.1, 0.15) is 6.04 Å². The Kier molecular flexibility index (Phi) is 7.94. The van der Waals surface area contributed by atoms with Crippen LogP contribution in [0.5, 0.6) is 0 Å². The second-order valence-corrected chi connectivity index (χ2v) is 6.43. The van der Waals surface area contributed by atoms with Crippen LogP contribution in [-0.4, -0.2) is 31.7 Å². The van der Waals surface area contributed by atoms with Crippen LogP contribution in [0.1, 0.15) is 46.5 Å². The lowest BCUT2D eigenvalue weighted by atomic mass is 9.69. The van der Waals surface area contributed by atoms with Crippen molar-refractivity contribution in [3.63, 3.8) is 0 Å². The smallest absolute Gasteiger partial charge is 0.239 e. The lowest BCUT2D eigenvalue weighted by molar-refractivity contribution is -0.125. The highest BCUT2D eigenvalue weighted by molar-refractivity contribution is 5.85. The van der Waals surface area contributed by atoms with E-state index in [0.29, 0.717) is 5.92 Å². The van der Waals surface area contributed by atoms with Crippen LogP contribution in [0.25, 0.3) is 0 Å². The first-order chi connectivity index (χ1) is 8.36. The Labute approximate surface area is 123 Å². The molecule has 114 valence electrons. The molecule has 0 saturated heterocycles. The van der Waals surface area contributed by atoms with Crippen molar-refractivity contribution in [1.82, 2.24) is 5.32 Å². The van der Waals surface area contributed by atoms with E-state index in [4.69, 9.17) is 10.5 Å². The number of hydrogen-bond donors (Lipinski definition) is 2. The molecule has 0 aromatic carbocycles. The first-order valence-electron chi connectivity index (χ1n) is 6.91. The second-order valence-electron chi connectivity index (χ2n) is 6.43. The molecule has 0 bridgehead atoms. The summed E-state index contributed by atoms with van der Waals surface area (Å²) in [7, 11) is 1.56. The lowest BCUT2D eigenvalue weighted by Crippen LogP contribution is -2.52. The van der Waals surface area contributed by atoms with Gasteiger partial charge in [-0.25, -0.2) is 0 Å². The predicted molar refractivity (Wildman–Crippen MR) is 80.4 cm³/mol. The Hall–Kier alpha value is -0.320. The zero-order valence-electron chi connectivity index (χ0n) is 12.6. The van der Waals surface area contributed by atoms with Crippen molar-refractivity contribution in [3.05, 3.63) is 0 Å². The van der Waals surface area contributed by atoms with Gasteiger partial charge in [-0.15, -0.1) is 12.4 Å². The number of nitrogens with two attached hydrogens (primary N) is 1. The third-order valence-electron chi connectivity index (χ3n) is 3.89. The van der Waals surface area contributed by atoms with E-state index < -0.39 is 6.04 Å². The molecule has 0 spiro atoms. The van der Waals surface area contributed by atoms with Gasteiger partial charge in [0, 0.05) is 13.2 Å². The summed E-state index contributed by atoms with van der Waals surface area (Å²) >= 11 is 0. The fraction of sp³-hybridized carbons (Fsp3) is 0.929. The Bertz CT molecular complexity index is 279. The molecule has 0 aromatic rings. The van der Waals surface area contributed by atoms with Crippen molar-refractivity contribution in [2.24, 2.45) is 17.1 Å². The Morgan fingerprint density at radius 3 is 2.47 bits per heavy atom. The van der Waals surface area contributed by atoms with Crippen molar-refractivity contribution < 1.29 is 9.53 Å². The number of amides is 1. The number of halogens is 1. The van der Waals surface area contributed by atoms with Crippen LogP contribution in [0.15, 0.2) is 0 Å². The number of ether oxygens (including phenoxy) is 1. The Morgan fingerprint density at radius 2 is 1.95 bits per heavy atom. The van der Waals surface area contributed by atoms with Gasteiger partial charge < -0.3 is 15.8 Å². The maximum atomic E-state index is 12.0. The third kappa shape index (κ3) is 5.67. The summed E-state index contributed by atoms with van der Waals surface area (Å²) < 4.78 is 4.92. The molecule has 3 unspecified atom stereocenters. The van der Waals surface area contributed by atoms with E-state index in [1.165, 1.54) is 19.3 Å². The van der Waals surface area contributed by atoms with Crippen molar-refractivity contribution in [3.8, 4) is 0 Å².